The molecule has 1 fully saturated rings. The predicted molar refractivity (Wildman–Crippen MR) is 61.2 cm³/mol. The number of hydrogen-bond acceptors (Lipinski definition) is 2. The molecular formula is C13H12F3NO2. The number of rotatable bonds is 1. The quantitative estimate of drug-likeness (QED) is 0.797. The van der Waals surface area contributed by atoms with Crippen molar-refractivity contribution >= 4 is 11.8 Å². The molecule has 6 heteroatoms. The van der Waals surface area contributed by atoms with Crippen LogP contribution in [0.4, 0.5) is 13.2 Å². The SMILES string of the molecule is CC1(c2cccc(C(F)(F)F)c2)CC(=O)NC(=O)C1. The summed E-state index contributed by atoms with van der Waals surface area (Å²) < 4.78 is 38.0. The lowest BCUT2D eigenvalue weighted by molar-refractivity contribution is -0.137. The summed E-state index contributed by atoms with van der Waals surface area (Å²) in [5, 5.41) is 2.15. The third kappa shape index (κ3) is 2.77. The van der Waals surface area contributed by atoms with Crippen LogP contribution in [0.2, 0.25) is 0 Å². The van der Waals surface area contributed by atoms with E-state index < -0.39 is 29.0 Å². The topological polar surface area (TPSA) is 46.2 Å². The van der Waals surface area contributed by atoms with Crippen molar-refractivity contribution in [1.82, 2.24) is 5.32 Å². The predicted octanol–water partition coefficient (Wildman–Crippen LogP) is 2.40. The van der Waals surface area contributed by atoms with Crippen LogP contribution in [-0.2, 0) is 21.2 Å². The standard InChI is InChI=1S/C13H12F3NO2/c1-12(6-10(18)17-11(19)7-12)8-3-2-4-9(5-8)13(14,15)16/h2-5H,6-7H2,1H3,(H,17,18,19). The number of hydrogen-bond donors (Lipinski definition) is 1. The first-order chi connectivity index (χ1) is 8.71. The van der Waals surface area contributed by atoms with Gasteiger partial charge >= 0.3 is 6.18 Å². The molecule has 0 unspecified atom stereocenters. The van der Waals surface area contributed by atoms with Crippen molar-refractivity contribution in [3.05, 3.63) is 35.4 Å². The Labute approximate surface area is 107 Å². The normalized spacial score (nSPS) is 19.2. The monoisotopic (exact) mass is 271 g/mol. The van der Waals surface area contributed by atoms with E-state index in [9.17, 15) is 22.8 Å². The zero-order chi connectivity index (χ0) is 14.3. The molecule has 0 radical (unpaired) electrons. The second kappa shape index (κ2) is 4.36. The lowest BCUT2D eigenvalue weighted by atomic mass is 9.74. The summed E-state index contributed by atoms with van der Waals surface area (Å²) in [6, 6.07) is 4.78. The van der Waals surface area contributed by atoms with Crippen LogP contribution in [0.5, 0.6) is 0 Å². The van der Waals surface area contributed by atoms with Crippen molar-refractivity contribution in [2.45, 2.75) is 31.4 Å². The Morgan fingerprint density at radius 3 is 2.26 bits per heavy atom. The van der Waals surface area contributed by atoms with E-state index in [1.807, 2.05) is 0 Å². The highest BCUT2D eigenvalue weighted by Gasteiger charge is 2.38. The van der Waals surface area contributed by atoms with Crippen LogP contribution in [0.15, 0.2) is 24.3 Å². The Kier molecular flexibility index (Phi) is 3.12. The fourth-order valence-corrected chi connectivity index (χ4v) is 2.29. The highest BCUT2D eigenvalue weighted by molar-refractivity contribution is 5.99. The number of alkyl halides is 3. The molecule has 1 aliphatic heterocycles. The van der Waals surface area contributed by atoms with Gasteiger partial charge < -0.3 is 0 Å². The molecule has 1 heterocycles. The minimum atomic E-state index is -4.44. The first-order valence-electron chi connectivity index (χ1n) is 5.71. The van der Waals surface area contributed by atoms with E-state index in [1.165, 1.54) is 12.1 Å². The van der Waals surface area contributed by atoms with Crippen LogP contribution in [0, 0.1) is 0 Å². The average molecular weight is 271 g/mol. The number of amides is 2. The van der Waals surface area contributed by atoms with Crippen LogP contribution in [0.25, 0.3) is 0 Å². The molecule has 1 N–H and O–H groups in total. The zero-order valence-corrected chi connectivity index (χ0v) is 10.2. The van der Waals surface area contributed by atoms with Gasteiger partial charge in [0, 0.05) is 18.3 Å². The van der Waals surface area contributed by atoms with Gasteiger partial charge in [-0.3, -0.25) is 14.9 Å². The van der Waals surface area contributed by atoms with Crippen LogP contribution in [-0.4, -0.2) is 11.8 Å². The molecule has 2 amide bonds. The summed E-state index contributed by atoms with van der Waals surface area (Å²) in [5.74, 6) is -0.924. The minimum absolute atomic E-state index is 0.0000501. The molecule has 1 aromatic carbocycles. The minimum Gasteiger partial charge on any atom is -0.296 e. The molecule has 0 spiro atoms. The Bertz CT molecular complexity index is 521. The van der Waals surface area contributed by atoms with E-state index in [4.69, 9.17) is 0 Å². The smallest absolute Gasteiger partial charge is 0.296 e. The van der Waals surface area contributed by atoms with E-state index in [2.05, 4.69) is 5.32 Å². The van der Waals surface area contributed by atoms with Crippen molar-refractivity contribution < 1.29 is 22.8 Å². The van der Waals surface area contributed by atoms with E-state index in [-0.39, 0.29) is 12.8 Å². The van der Waals surface area contributed by atoms with Crippen molar-refractivity contribution in [2.24, 2.45) is 0 Å². The highest BCUT2D eigenvalue weighted by Crippen LogP contribution is 2.37. The van der Waals surface area contributed by atoms with Crippen molar-refractivity contribution in [1.29, 1.82) is 0 Å². The largest absolute Gasteiger partial charge is 0.416 e. The van der Waals surface area contributed by atoms with Crippen molar-refractivity contribution in [3.8, 4) is 0 Å². The third-order valence-electron chi connectivity index (χ3n) is 3.27. The molecule has 0 atom stereocenters. The molecule has 19 heavy (non-hydrogen) atoms. The van der Waals surface area contributed by atoms with Crippen molar-refractivity contribution in [2.75, 3.05) is 0 Å². The third-order valence-corrected chi connectivity index (χ3v) is 3.27. The second-order valence-electron chi connectivity index (χ2n) is 4.96. The maximum absolute atomic E-state index is 12.7. The molecule has 0 bridgehead atoms. The van der Waals surface area contributed by atoms with E-state index in [0.717, 1.165) is 12.1 Å². The van der Waals surface area contributed by atoms with Crippen LogP contribution < -0.4 is 5.32 Å². The van der Waals surface area contributed by atoms with Gasteiger partial charge in [-0.2, -0.15) is 13.2 Å². The second-order valence-corrected chi connectivity index (χ2v) is 4.96. The molecule has 1 aromatic rings. The molecule has 0 aliphatic carbocycles. The fraction of sp³-hybridized carbons (Fsp3) is 0.385. The molecule has 0 saturated carbocycles. The molecule has 0 aromatic heterocycles. The maximum Gasteiger partial charge on any atom is 0.416 e. The van der Waals surface area contributed by atoms with Gasteiger partial charge in [0.2, 0.25) is 11.8 Å². The van der Waals surface area contributed by atoms with Crippen molar-refractivity contribution in [3.63, 3.8) is 0 Å². The molecule has 3 nitrogen and oxygen atoms in total. The molecular weight excluding hydrogens is 259 g/mol. The number of imide groups is 1. The summed E-state index contributed by atoms with van der Waals surface area (Å²) in [6.45, 7) is 1.62. The zero-order valence-electron chi connectivity index (χ0n) is 10.2. The molecule has 1 aliphatic rings. The number of nitrogens with one attached hydrogen (secondary N) is 1. The van der Waals surface area contributed by atoms with Gasteiger partial charge in [0.1, 0.15) is 0 Å². The summed E-state index contributed by atoms with van der Waals surface area (Å²) >= 11 is 0. The molecule has 102 valence electrons. The lowest BCUT2D eigenvalue weighted by Crippen LogP contribution is -2.45. The van der Waals surface area contributed by atoms with Gasteiger partial charge in [-0.05, 0) is 11.6 Å². The summed E-state index contributed by atoms with van der Waals surface area (Å²) in [5.41, 5.74) is -1.31. The summed E-state index contributed by atoms with van der Waals surface area (Å²) in [7, 11) is 0. The van der Waals surface area contributed by atoms with Crippen LogP contribution in [0.3, 0.4) is 0 Å². The van der Waals surface area contributed by atoms with Gasteiger partial charge in [-0.15, -0.1) is 0 Å². The Morgan fingerprint density at radius 1 is 1.16 bits per heavy atom. The summed E-state index contributed by atoms with van der Waals surface area (Å²) in [6.07, 6.45) is -4.44. The number of halogens is 3. The van der Waals surface area contributed by atoms with E-state index in [0.29, 0.717) is 5.56 Å². The number of carbonyl (C=O) groups excluding carboxylic acids is 2. The van der Waals surface area contributed by atoms with Gasteiger partial charge in [0.25, 0.3) is 0 Å². The van der Waals surface area contributed by atoms with Crippen LogP contribution in [0.1, 0.15) is 30.9 Å². The van der Waals surface area contributed by atoms with Gasteiger partial charge in [0.15, 0.2) is 0 Å². The Balaban J connectivity index is 2.40. The first-order valence-corrected chi connectivity index (χ1v) is 5.71. The Morgan fingerprint density at radius 2 is 1.74 bits per heavy atom. The Hall–Kier alpha value is -1.85. The molecule has 1 saturated heterocycles. The number of benzene rings is 1. The van der Waals surface area contributed by atoms with E-state index in [1.54, 1.807) is 6.92 Å². The summed E-state index contributed by atoms with van der Waals surface area (Å²) in [4.78, 5) is 22.8. The number of carbonyl (C=O) groups is 2. The lowest BCUT2D eigenvalue weighted by Gasteiger charge is -2.32. The van der Waals surface area contributed by atoms with E-state index >= 15 is 0 Å². The van der Waals surface area contributed by atoms with Gasteiger partial charge in [0.05, 0.1) is 5.56 Å². The first kappa shape index (κ1) is 13.6. The number of piperidine rings is 1. The van der Waals surface area contributed by atoms with Crippen LogP contribution >= 0.6 is 0 Å². The van der Waals surface area contributed by atoms with Gasteiger partial charge in [-0.1, -0.05) is 25.1 Å². The maximum atomic E-state index is 12.7. The molecule has 2 rings (SSSR count). The van der Waals surface area contributed by atoms with Gasteiger partial charge in [-0.25, -0.2) is 0 Å². The fourth-order valence-electron chi connectivity index (χ4n) is 2.29. The highest BCUT2D eigenvalue weighted by atomic mass is 19.4. The average Bonchev–Trinajstić information content (AvgIpc) is 2.26.